The summed E-state index contributed by atoms with van der Waals surface area (Å²) >= 11 is 0. The molecular formula is C19H21N5O. The molecule has 0 aliphatic carbocycles. The van der Waals surface area contributed by atoms with Gasteiger partial charge in [-0.15, -0.1) is 0 Å². The van der Waals surface area contributed by atoms with Gasteiger partial charge >= 0.3 is 0 Å². The van der Waals surface area contributed by atoms with E-state index in [0.717, 1.165) is 11.3 Å². The van der Waals surface area contributed by atoms with E-state index in [4.69, 9.17) is 0 Å². The number of nitrogens with one attached hydrogen (secondary N) is 2. The summed E-state index contributed by atoms with van der Waals surface area (Å²) in [6.45, 7) is 2.55. The molecule has 6 heteroatoms. The molecule has 0 radical (unpaired) electrons. The van der Waals surface area contributed by atoms with E-state index >= 15 is 0 Å². The van der Waals surface area contributed by atoms with E-state index in [1.54, 1.807) is 12.4 Å². The maximum Gasteiger partial charge on any atom is 0.225 e. The number of hydrogen-bond acceptors (Lipinski definition) is 6. The van der Waals surface area contributed by atoms with Crippen molar-refractivity contribution in [1.29, 1.82) is 0 Å². The molecule has 0 aliphatic heterocycles. The van der Waals surface area contributed by atoms with E-state index in [2.05, 4.69) is 37.7 Å². The standard InChI is InChI=1S/C19H21N5O/c1-14(13-25)22-19-23-17(16-8-5-9-20-12-16)10-18(24-19)21-11-15-6-3-2-4-7-15/h2-10,12,14,25H,11,13H2,1H3,(H2,21,22,23,24)/t14-/m0/s1. The van der Waals surface area contributed by atoms with E-state index in [-0.39, 0.29) is 12.6 Å². The van der Waals surface area contributed by atoms with Crippen LogP contribution < -0.4 is 10.6 Å². The van der Waals surface area contributed by atoms with E-state index in [1.807, 2.05) is 43.3 Å². The molecule has 2 aromatic heterocycles. The molecule has 0 aliphatic rings. The second kappa shape index (κ2) is 8.21. The zero-order valence-corrected chi connectivity index (χ0v) is 14.1. The van der Waals surface area contributed by atoms with E-state index < -0.39 is 0 Å². The Hall–Kier alpha value is -2.99. The highest BCUT2D eigenvalue weighted by Gasteiger charge is 2.09. The van der Waals surface area contributed by atoms with Gasteiger partial charge in [0.1, 0.15) is 5.82 Å². The van der Waals surface area contributed by atoms with E-state index in [1.165, 1.54) is 5.56 Å². The molecule has 0 bridgehead atoms. The Balaban J connectivity index is 1.86. The Morgan fingerprint density at radius 2 is 1.92 bits per heavy atom. The molecule has 0 saturated carbocycles. The van der Waals surface area contributed by atoms with Crippen molar-refractivity contribution in [2.75, 3.05) is 17.2 Å². The number of aromatic nitrogens is 3. The fraction of sp³-hybridized carbons (Fsp3) is 0.211. The Labute approximate surface area is 147 Å². The molecule has 0 fully saturated rings. The van der Waals surface area contributed by atoms with Crippen LogP contribution in [0.2, 0.25) is 0 Å². The Morgan fingerprint density at radius 1 is 1.08 bits per heavy atom. The van der Waals surface area contributed by atoms with Crippen LogP contribution in [0.1, 0.15) is 12.5 Å². The number of nitrogens with zero attached hydrogens (tertiary/aromatic N) is 3. The van der Waals surface area contributed by atoms with Crippen molar-refractivity contribution in [3.05, 3.63) is 66.5 Å². The second-order valence-electron chi connectivity index (χ2n) is 5.77. The van der Waals surface area contributed by atoms with E-state index in [9.17, 15) is 5.11 Å². The van der Waals surface area contributed by atoms with Gasteiger partial charge in [-0.2, -0.15) is 4.98 Å². The predicted molar refractivity (Wildman–Crippen MR) is 99.2 cm³/mol. The topological polar surface area (TPSA) is 83.0 Å². The number of anilines is 2. The molecule has 0 spiro atoms. The van der Waals surface area contributed by atoms with Crippen molar-refractivity contribution in [3.8, 4) is 11.3 Å². The molecule has 3 rings (SSSR count). The normalized spacial score (nSPS) is 11.8. The number of pyridine rings is 1. The molecule has 1 aromatic carbocycles. The van der Waals surface area contributed by atoms with Crippen LogP contribution in [0, 0.1) is 0 Å². The van der Waals surface area contributed by atoms with Crippen molar-refractivity contribution in [2.45, 2.75) is 19.5 Å². The van der Waals surface area contributed by atoms with Gasteiger partial charge in [0, 0.05) is 36.6 Å². The number of benzene rings is 1. The summed E-state index contributed by atoms with van der Waals surface area (Å²) in [4.78, 5) is 13.2. The SMILES string of the molecule is C[C@@H](CO)Nc1nc(NCc2ccccc2)cc(-c2cccnc2)n1. The molecular weight excluding hydrogens is 314 g/mol. The van der Waals surface area contributed by atoms with Gasteiger partial charge in [0.15, 0.2) is 0 Å². The monoisotopic (exact) mass is 335 g/mol. The predicted octanol–water partition coefficient (Wildman–Crippen LogP) is 2.94. The van der Waals surface area contributed by atoms with Crippen molar-refractivity contribution >= 4 is 11.8 Å². The van der Waals surface area contributed by atoms with Gasteiger partial charge in [0.2, 0.25) is 5.95 Å². The molecule has 3 aromatic rings. The lowest BCUT2D eigenvalue weighted by Crippen LogP contribution is -2.21. The first kappa shape index (κ1) is 16.9. The van der Waals surface area contributed by atoms with Crippen LogP contribution in [0.5, 0.6) is 0 Å². The van der Waals surface area contributed by atoms with Gasteiger partial charge in [-0.1, -0.05) is 30.3 Å². The summed E-state index contributed by atoms with van der Waals surface area (Å²) in [6.07, 6.45) is 3.49. The van der Waals surface area contributed by atoms with Gasteiger partial charge in [0.25, 0.3) is 0 Å². The van der Waals surface area contributed by atoms with Crippen LogP contribution in [-0.4, -0.2) is 32.7 Å². The average molecular weight is 335 g/mol. The van der Waals surface area contributed by atoms with Crippen LogP contribution >= 0.6 is 0 Å². The smallest absolute Gasteiger partial charge is 0.225 e. The quantitative estimate of drug-likeness (QED) is 0.616. The van der Waals surface area contributed by atoms with Crippen LogP contribution in [-0.2, 0) is 6.54 Å². The zero-order chi connectivity index (χ0) is 17.5. The van der Waals surface area contributed by atoms with Gasteiger partial charge < -0.3 is 15.7 Å². The van der Waals surface area contributed by atoms with Crippen molar-refractivity contribution in [3.63, 3.8) is 0 Å². The molecule has 1 atom stereocenters. The summed E-state index contributed by atoms with van der Waals surface area (Å²) in [5.74, 6) is 1.18. The maximum absolute atomic E-state index is 9.26. The number of aliphatic hydroxyl groups is 1. The summed E-state index contributed by atoms with van der Waals surface area (Å²) in [6, 6.07) is 15.7. The maximum atomic E-state index is 9.26. The highest BCUT2D eigenvalue weighted by molar-refractivity contribution is 5.63. The molecule has 128 valence electrons. The van der Waals surface area contributed by atoms with Crippen molar-refractivity contribution in [1.82, 2.24) is 15.0 Å². The lowest BCUT2D eigenvalue weighted by Gasteiger charge is -2.14. The van der Waals surface area contributed by atoms with Crippen LogP contribution in [0.15, 0.2) is 60.9 Å². The Kier molecular flexibility index (Phi) is 5.53. The first-order valence-corrected chi connectivity index (χ1v) is 8.19. The lowest BCUT2D eigenvalue weighted by molar-refractivity contribution is 0.281. The minimum absolute atomic E-state index is 0.00720. The third-order valence-corrected chi connectivity index (χ3v) is 3.65. The first-order valence-electron chi connectivity index (χ1n) is 8.19. The molecule has 3 N–H and O–H groups in total. The molecule has 25 heavy (non-hydrogen) atoms. The van der Waals surface area contributed by atoms with Crippen molar-refractivity contribution < 1.29 is 5.11 Å². The number of rotatable bonds is 7. The second-order valence-corrected chi connectivity index (χ2v) is 5.77. The van der Waals surface area contributed by atoms with Crippen LogP contribution in [0.4, 0.5) is 11.8 Å². The third kappa shape index (κ3) is 4.74. The molecule has 0 unspecified atom stereocenters. The van der Waals surface area contributed by atoms with Crippen LogP contribution in [0.25, 0.3) is 11.3 Å². The summed E-state index contributed by atoms with van der Waals surface area (Å²) < 4.78 is 0. The lowest BCUT2D eigenvalue weighted by atomic mass is 10.2. The highest BCUT2D eigenvalue weighted by atomic mass is 16.3. The van der Waals surface area contributed by atoms with E-state index in [0.29, 0.717) is 18.3 Å². The zero-order valence-electron chi connectivity index (χ0n) is 14.1. The molecule has 2 heterocycles. The molecule has 6 nitrogen and oxygen atoms in total. The van der Waals surface area contributed by atoms with Gasteiger partial charge in [-0.25, -0.2) is 4.98 Å². The van der Waals surface area contributed by atoms with Gasteiger partial charge in [-0.05, 0) is 24.6 Å². The third-order valence-electron chi connectivity index (χ3n) is 3.65. The van der Waals surface area contributed by atoms with Gasteiger partial charge in [-0.3, -0.25) is 4.98 Å². The fourth-order valence-corrected chi connectivity index (χ4v) is 2.32. The Morgan fingerprint density at radius 3 is 2.64 bits per heavy atom. The first-order chi connectivity index (χ1) is 12.2. The van der Waals surface area contributed by atoms with Crippen molar-refractivity contribution in [2.24, 2.45) is 0 Å². The Bertz CT molecular complexity index is 795. The molecule has 0 amide bonds. The van der Waals surface area contributed by atoms with Crippen LogP contribution in [0.3, 0.4) is 0 Å². The van der Waals surface area contributed by atoms with Gasteiger partial charge in [0.05, 0.1) is 12.3 Å². The minimum atomic E-state index is -0.133. The summed E-state index contributed by atoms with van der Waals surface area (Å²) in [5.41, 5.74) is 2.85. The highest BCUT2D eigenvalue weighted by Crippen LogP contribution is 2.21. The molecule has 0 saturated heterocycles. The fourth-order valence-electron chi connectivity index (χ4n) is 2.32. The summed E-state index contributed by atoms with van der Waals surface area (Å²) in [5, 5.41) is 15.7. The largest absolute Gasteiger partial charge is 0.394 e. The number of aliphatic hydroxyl groups excluding tert-OH is 1. The average Bonchev–Trinajstić information content (AvgIpc) is 2.67. The summed E-state index contributed by atoms with van der Waals surface area (Å²) in [7, 11) is 0. The minimum Gasteiger partial charge on any atom is -0.394 e. The number of hydrogen-bond donors (Lipinski definition) is 3.